The van der Waals surface area contributed by atoms with E-state index in [1.54, 1.807) is 0 Å². The Kier molecular flexibility index (Phi) is 4.63. The molecular weight excluding hydrogens is 407 g/mol. The Morgan fingerprint density at radius 1 is 0.933 bits per heavy atom. The van der Waals surface area contributed by atoms with Gasteiger partial charge in [-0.3, -0.25) is 0 Å². The van der Waals surface area contributed by atoms with Crippen LogP contribution in [0.25, 0.3) is 22.1 Å². The summed E-state index contributed by atoms with van der Waals surface area (Å²) in [6.45, 7) is 1.78. The smallest absolute Gasteiger partial charge is 0.243 e. The molecule has 0 bridgehead atoms. The van der Waals surface area contributed by atoms with E-state index >= 15 is 0 Å². The first-order valence-electron chi connectivity index (χ1n) is 9.67. The maximum absolute atomic E-state index is 13.2. The second-order valence-electron chi connectivity index (χ2n) is 7.17. The second kappa shape index (κ2) is 7.33. The molecule has 7 nitrogen and oxygen atoms in total. The van der Waals surface area contributed by atoms with Crippen LogP contribution in [0.3, 0.4) is 0 Å². The average molecular weight is 426 g/mol. The van der Waals surface area contributed by atoms with Gasteiger partial charge in [0.25, 0.3) is 0 Å². The number of hydrogen-bond acceptors (Lipinski definition) is 6. The van der Waals surface area contributed by atoms with Gasteiger partial charge in [0.1, 0.15) is 23.2 Å². The first kappa shape index (κ1) is 19.0. The van der Waals surface area contributed by atoms with Gasteiger partial charge in [0.2, 0.25) is 10.0 Å². The molecule has 0 N–H and O–H groups in total. The zero-order chi connectivity index (χ0) is 20.7. The lowest BCUT2D eigenvalue weighted by Crippen LogP contribution is -2.35. The molecule has 1 aliphatic rings. The largest absolute Gasteiger partial charge is 0.450 e. The predicted octanol–water partition coefficient (Wildman–Crippen LogP) is 3.42. The van der Waals surface area contributed by atoms with Crippen LogP contribution in [-0.2, 0) is 10.0 Å². The lowest BCUT2D eigenvalue weighted by atomic mass is 10.2. The molecule has 0 aliphatic carbocycles. The number of fused-ring (bicyclic) bond motifs is 3. The molecule has 154 valence electrons. The number of halogens is 1. The lowest BCUT2D eigenvalue weighted by Gasteiger charge is -2.22. The summed E-state index contributed by atoms with van der Waals surface area (Å²) in [5, 5.41) is 0.923. The van der Waals surface area contributed by atoms with E-state index in [-0.39, 0.29) is 4.90 Å². The highest BCUT2D eigenvalue weighted by Crippen LogP contribution is 2.32. The van der Waals surface area contributed by atoms with E-state index < -0.39 is 15.8 Å². The number of furan rings is 1. The summed E-state index contributed by atoms with van der Waals surface area (Å²) in [7, 11) is -3.69. The van der Waals surface area contributed by atoms with Crippen molar-refractivity contribution in [1.29, 1.82) is 0 Å². The zero-order valence-electron chi connectivity index (χ0n) is 16.0. The van der Waals surface area contributed by atoms with Gasteiger partial charge in [-0.2, -0.15) is 4.31 Å². The van der Waals surface area contributed by atoms with Gasteiger partial charge >= 0.3 is 0 Å². The summed E-state index contributed by atoms with van der Waals surface area (Å²) in [6.07, 6.45) is 2.14. The predicted molar refractivity (Wildman–Crippen MR) is 111 cm³/mol. The Balaban J connectivity index is 1.44. The van der Waals surface area contributed by atoms with Crippen LogP contribution < -0.4 is 4.90 Å². The number of sulfonamides is 1. The minimum Gasteiger partial charge on any atom is -0.450 e. The molecule has 9 heteroatoms. The van der Waals surface area contributed by atoms with Gasteiger partial charge in [0.05, 0.1) is 4.90 Å². The molecule has 1 saturated heterocycles. The zero-order valence-corrected chi connectivity index (χ0v) is 16.8. The maximum atomic E-state index is 13.2. The standard InChI is InChI=1S/C21H19FN4O3S/c22-15-6-8-16(9-7-15)30(27,28)26-11-3-10-25(12-13-26)21-20-19(23-14-24-21)17-4-1-2-5-18(17)29-20/h1-2,4-9,14H,3,10-13H2. The fraction of sp³-hybridized carbons (Fsp3) is 0.238. The molecule has 0 unspecified atom stereocenters. The Hall–Kier alpha value is -3.04. The van der Waals surface area contributed by atoms with E-state index in [0.29, 0.717) is 44.0 Å². The van der Waals surface area contributed by atoms with Crippen molar-refractivity contribution in [1.82, 2.24) is 14.3 Å². The van der Waals surface area contributed by atoms with Gasteiger partial charge in [-0.1, -0.05) is 12.1 Å². The van der Waals surface area contributed by atoms with E-state index in [1.807, 2.05) is 29.2 Å². The van der Waals surface area contributed by atoms with Crippen LogP contribution in [0.1, 0.15) is 6.42 Å². The molecule has 2 aromatic heterocycles. The lowest BCUT2D eigenvalue weighted by molar-refractivity contribution is 0.433. The molecule has 0 amide bonds. The Labute approximate surface area is 172 Å². The minimum atomic E-state index is -3.69. The number of benzene rings is 2. The fourth-order valence-electron chi connectivity index (χ4n) is 3.84. The average Bonchev–Trinajstić information content (AvgIpc) is 2.95. The van der Waals surface area contributed by atoms with E-state index in [9.17, 15) is 12.8 Å². The first-order valence-corrected chi connectivity index (χ1v) is 11.1. The van der Waals surface area contributed by atoms with Crippen LogP contribution in [-0.4, -0.2) is 48.9 Å². The van der Waals surface area contributed by atoms with Crippen LogP contribution in [0.2, 0.25) is 0 Å². The topological polar surface area (TPSA) is 79.5 Å². The SMILES string of the molecule is O=S(=O)(c1ccc(F)cc1)N1CCCN(c2ncnc3c2oc2ccccc23)CC1. The summed E-state index contributed by atoms with van der Waals surface area (Å²) in [5.74, 6) is 0.201. The van der Waals surface area contributed by atoms with Crippen LogP contribution in [0, 0.1) is 5.82 Å². The van der Waals surface area contributed by atoms with Gasteiger partial charge in [-0.25, -0.2) is 22.8 Å². The second-order valence-corrected chi connectivity index (χ2v) is 9.11. The Bertz CT molecular complexity index is 1320. The first-order chi connectivity index (χ1) is 14.5. The molecule has 3 heterocycles. The van der Waals surface area contributed by atoms with E-state index in [4.69, 9.17) is 4.42 Å². The van der Waals surface area contributed by atoms with Crippen molar-refractivity contribution in [2.75, 3.05) is 31.1 Å². The number of aromatic nitrogens is 2. The van der Waals surface area contributed by atoms with Crippen molar-refractivity contribution >= 4 is 37.9 Å². The molecule has 4 aromatic rings. The summed E-state index contributed by atoms with van der Waals surface area (Å²) in [6, 6.07) is 12.6. The van der Waals surface area contributed by atoms with E-state index in [2.05, 4.69) is 9.97 Å². The molecule has 0 spiro atoms. The summed E-state index contributed by atoms with van der Waals surface area (Å²) >= 11 is 0. The quantitative estimate of drug-likeness (QED) is 0.500. The third-order valence-corrected chi connectivity index (χ3v) is 7.26. The van der Waals surface area contributed by atoms with Gasteiger partial charge in [0, 0.05) is 31.6 Å². The van der Waals surface area contributed by atoms with Crippen molar-refractivity contribution < 1.29 is 17.2 Å². The number of nitrogens with zero attached hydrogens (tertiary/aromatic N) is 4. The van der Waals surface area contributed by atoms with E-state index in [1.165, 1.54) is 22.8 Å². The Morgan fingerprint density at radius 3 is 2.57 bits per heavy atom. The van der Waals surface area contributed by atoms with Crippen LogP contribution in [0.4, 0.5) is 10.2 Å². The Morgan fingerprint density at radius 2 is 1.73 bits per heavy atom. The minimum absolute atomic E-state index is 0.0964. The molecule has 0 saturated carbocycles. The summed E-state index contributed by atoms with van der Waals surface area (Å²) in [5.41, 5.74) is 2.09. The summed E-state index contributed by atoms with van der Waals surface area (Å²) in [4.78, 5) is 10.9. The molecule has 0 radical (unpaired) electrons. The summed E-state index contributed by atoms with van der Waals surface area (Å²) < 4.78 is 46.6. The monoisotopic (exact) mass is 426 g/mol. The molecule has 1 aliphatic heterocycles. The molecular formula is C21H19FN4O3S. The highest BCUT2D eigenvalue weighted by Gasteiger charge is 2.28. The molecule has 2 aromatic carbocycles. The molecule has 0 atom stereocenters. The van der Waals surface area contributed by atoms with Gasteiger partial charge in [0.15, 0.2) is 11.4 Å². The van der Waals surface area contributed by atoms with Crippen molar-refractivity contribution in [3.8, 4) is 0 Å². The van der Waals surface area contributed by atoms with Crippen molar-refractivity contribution in [3.63, 3.8) is 0 Å². The van der Waals surface area contributed by atoms with Gasteiger partial charge < -0.3 is 9.32 Å². The number of anilines is 1. The fourth-order valence-corrected chi connectivity index (χ4v) is 5.31. The third-order valence-electron chi connectivity index (χ3n) is 5.35. The van der Waals surface area contributed by atoms with Crippen LogP contribution in [0.5, 0.6) is 0 Å². The van der Waals surface area contributed by atoms with Crippen LogP contribution >= 0.6 is 0 Å². The van der Waals surface area contributed by atoms with E-state index in [0.717, 1.165) is 28.6 Å². The normalized spacial score (nSPS) is 16.2. The van der Waals surface area contributed by atoms with Gasteiger partial charge in [-0.15, -0.1) is 0 Å². The molecule has 1 fully saturated rings. The molecule has 5 rings (SSSR count). The number of hydrogen-bond donors (Lipinski definition) is 0. The number of para-hydroxylation sites is 1. The van der Waals surface area contributed by atoms with Crippen molar-refractivity contribution in [2.45, 2.75) is 11.3 Å². The van der Waals surface area contributed by atoms with Gasteiger partial charge in [-0.05, 0) is 42.8 Å². The van der Waals surface area contributed by atoms with Crippen molar-refractivity contribution in [3.05, 3.63) is 60.7 Å². The highest BCUT2D eigenvalue weighted by atomic mass is 32.2. The van der Waals surface area contributed by atoms with Crippen molar-refractivity contribution in [2.24, 2.45) is 0 Å². The number of rotatable bonds is 3. The van der Waals surface area contributed by atoms with Crippen LogP contribution in [0.15, 0.2) is 64.2 Å². The molecule has 30 heavy (non-hydrogen) atoms. The third kappa shape index (κ3) is 3.20. The highest BCUT2D eigenvalue weighted by molar-refractivity contribution is 7.89. The maximum Gasteiger partial charge on any atom is 0.243 e.